The summed E-state index contributed by atoms with van der Waals surface area (Å²) in [5.41, 5.74) is 11.3. The van der Waals surface area contributed by atoms with Crippen LogP contribution in [0.2, 0.25) is 10.0 Å². The first-order valence-corrected chi connectivity index (χ1v) is 15.6. The minimum Gasteiger partial charge on any atom is -0.481 e. The number of fused-ring (bicyclic) bond motifs is 2. The van der Waals surface area contributed by atoms with E-state index in [2.05, 4.69) is 0 Å². The van der Waals surface area contributed by atoms with Crippen molar-refractivity contribution in [3.8, 4) is 0 Å². The molecule has 0 fully saturated rings. The van der Waals surface area contributed by atoms with E-state index >= 15 is 0 Å². The van der Waals surface area contributed by atoms with Gasteiger partial charge in [0, 0.05) is 48.8 Å². The number of carboxylic acids is 2. The van der Waals surface area contributed by atoms with E-state index in [1.807, 2.05) is 4.90 Å². The highest BCUT2D eigenvalue weighted by atomic mass is 35.5. The molecular formula is C32H31Cl4N3O6. The van der Waals surface area contributed by atoms with Crippen molar-refractivity contribution in [1.29, 1.82) is 0 Å². The first kappa shape index (κ1) is 33.3. The molecule has 4 atom stereocenters. The van der Waals surface area contributed by atoms with Crippen molar-refractivity contribution >= 4 is 96.7 Å². The summed E-state index contributed by atoms with van der Waals surface area (Å²) in [7, 11) is 3.60. The standard InChI is InChI=1S/C32H31Cl4N3O6/c1-39(2)8-7-31(13-23(44)45)19(11-20(37)40)32(36,12-21(38)41)30-27-17(34)6-4-14-3-5-16(33)25(24(14)27)26-18(35)9-15(10-22(42)43)29(31)28(26)30/h3-6,9,19,29H,7-8,10-13H2,1-2H3,(H2,37,40)(H2,38,41)(H,42,43)(H,44,45). The van der Waals surface area contributed by atoms with Crippen molar-refractivity contribution in [2.45, 2.75) is 42.9 Å². The van der Waals surface area contributed by atoms with Crippen LogP contribution in [0.3, 0.4) is 0 Å². The SMILES string of the molecule is CN(C)CCC1(CC(=O)O)C2C(CC(=O)O)=CC(Cl)=c3c2c(c2c(Cl)ccc4ccc(Cl)c3c42)C(Cl)(CC(N)=O)C1CC(N)=O. The van der Waals surface area contributed by atoms with Crippen molar-refractivity contribution in [2.24, 2.45) is 22.8 Å². The minimum atomic E-state index is -1.82. The number of allylic oxidation sites excluding steroid dienone is 1. The largest absolute Gasteiger partial charge is 0.481 e. The number of hydrogen-bond donors (Lipinski definition) is 4. The monoisotopic (exact) mass is 693 g/mol. The predicted molar refractivity (Wildman–Crippen MR) is 176 cm³/mol. The number of carbonyl (C=O) groups excluding carboxylic acids is 2. The average Bonchev–Trinajstić information content (AvgIpc) is 2.91. The van der Waals surface area contributed by atoms with Crippen LogP contribution in [0.4, 0.5) is 0 Å². The number of nitrogens with zero attached hydrogens (tertiary/aromatic N) is 1. The van der Waals surface area contributed by atoms with Gasteiger partial charge < -0.3 is 26.6 Å². The lowest BCUT2D eigenvalue weighted by molar-refractivity contribution is -0.143. The van der Waals surface area contributed by atoms with Gasteiger partial charge in [-0.05, 0) is 78.7 Å². The van der Waals surface area contributed by atoms with E-state index in [1.54, 1.807) is 44.4 Å². The number of rotatable bonds is 11. The molecule has 9 nitrogen and oxygen atoms in total. The topological polar surface area (TPSA) is 164 Å². The maximum atomic E-state index is 12.9. The molecule has 45 heavy (non-hydrogen) atoms. The van der Waals surface area contributed by atoms with Gasteiger partial charge in [0.05, 0.1) is 24.1 Å². The smallest absolute Gasteiger partial charge is 0.307 e. The highest BCUT2D eigenvalue weighted by Gasteiger charge is 2.63. The van der Waals surface area contributed by atoms with Crippen molar-refractivity contribution in [3.05, 3.63) is 62.3 Å². The van der Waals surface area contributed by atoms with E-state index in [9.17, 15) is 29.4 Å². The van der Waals surface area contributed by atoms with Crippen molar-refractivity contribution in [2.75, 3.05) is 20.6 Å². The number of alkyl halides is 1. The van der Waals surface area contributed by atoms with E-state index in [1.165, 1.54) is 0 Å². The summed E-state index contributed by atoms with van der Waals surface area (Å²) in [5, 5.41) is 24.0. The number of primary amides is 2. The number of amides is 2. The molecule has 2 aliphatic carbocycles. The van der Waals surface area contributed by atoms with E-state index in [0.717, 1.165) is 5.39 Å². The van der Waals surface area contributed by atoms with Gasteiger partial charge in [0.25, 0.3) is 0 Å². The third-order valence-electron chi connectivity index (χ3n) is 9.27. The Morgan fingerprint density at radius 3 is 2.04 bits per heavy atom. The second-order valence-electron chi connectivity index (χ2n) is 12.3. The Hall–Kier alpha value is -3.08. The van der Waals surface area contributed by atoms with E-state index in [-0.39, 0.29) is 16.5 Å². The molecule has 2 aliphatic rings. The molecule has 0 radical (unpaired) electrons. The Kier molecular flexibility index (Phi) is 8.83. The molecule has 3 aromatic rings. The van der Waals surface area contributed by atoms with Crippen LogP contribution in [-0.2, 0) is 24.1 Å². The first-order chi connectivity index (χ1) is 21.0. The molecule has 2 amide bonds. The minimum absolute atomic E-state index is 0.133. The normalized spacial score (nSPS) is 24.2. The summed E-state index contributed by atoms with van der Waals surface area (Å²) < 4.78 is 0. The summed E-state index contributed by atoms with van der Waals surface area (Å²) in [4.78, 5) is 51.0. The van der Waals surface area contributed by atoms with Crippen molar-refractivity contribution in [1.82, 2.24) is 4.90 Å². The molecule has 238 valence electrons. The number of carbonyl (C=O) groups is 4. The first-order valence-electron chi connectivity index (χ1n) is 14.1. The highest BCUT2D eigenvalue weighted by molar-refractivity contribution is 6.49. The summed E-state index contributed by atoms with van der Waals surface area (Å²) in [6.45, 7) is 0.325. The fourth-order valence-electron chi connectivity index (χ4n) is 7.91. The Morgan fingerprint density at radius 1 is 0.889 bits per heavy atom. The second kappa shape index (κ2) is 11.9. The molecule has 0 aromatic heterocycles. The number of benzene rings is 3. The molecule has 6 N–H and O–H groups in total. The van der Waals surface area contributed by atoms with Gasteiger partial charge in [0.15, 0.2) is 0 Å². The molecule has 0 heterocycles. The molecule has 0 bridgehead atoms. The van der Waals surface area contributed by atoms with Crippen LogP contribution < -0.4 is 16.7 Å². The van der Waals surface area contributed by atoms with Crippen LogP contribution in [0.15, 0.2) is 35.9 Å². The van der Waals surface area contributed by atoms with Gasteiger partial charge in [-0.2, -0.15) is 0 Å². The molecule has 0 saturated carbocycles. The predicted octanol–water partition coefficient (Wildman–Crippen LogP) is 5.09. The lowest BCUT2D eigenvalue weighted by atomic mass is 9.47. The van der Waals surface area contributed by atoms with Crippen LogP contribution in [0.5, 0.6) is 0 Å². The van der Waals surface area contributed by atoms with Gasteiger partial charge in [-0.1, -0.05) is 46.9 Å². The summed E-state index contributed by atoms with van der Waals surface area (Å²) in [5.74, 6) is -6.03. The van der Waals surface area contributed by atoms with Crippen LogP contribution in [-0.4, -0.2) is 59.5 Å². The summed E-state index contributed by atoms with van der Waals surface area (Å²) in [6, 6.07) is 6.97. The summed E-state index contributed by atoms with van der Waals surface area (Å²) in [6.07, 6.45) is -0.280. The van der Waals surface area contributed by atoms with Gasteiger partial charge in [-0.25, -0.2) is 0 Å². The maximum absolute atomic E-state index is 12.9. The number of nitrogens with two attached hydrogens (primary N) is 2. The van der Waals surface area contributed by atoms with Gasteiger partial charge in [0.1, 0.15) is 0 Å². The van der Waals surface area contributed by atoms with Crippen LogP contribution in [0, 0.1) is 11.3 Å². The molecule has 5 rings (SSSR count). The average molecular weight is 695 g/mol. The van der Waals surface area contributed by atoms with Crippen molar-refractivity contribution < 1.29 is 29.4 Å². The van der Waals surface area contributed by atoms with Gasteiger partial charge in [0.2, 0.25) is 11.8 Å². The van der Waals surface area contributed by atoms with E-state index in [4.69, 9.17) is 57.9 Å². The Labute approximate surface area is 278 Å². The lowest BCUT2D eigenvalue weighted by Crippen LogP contribution is -2.57. The van der Waals surface area contributed by atoms with E-state index in [0.29, 0.717) is 49.6 Å². The second-order valence-corrected chi connectivity index (χ2v) is 14.2. The van der Waals surface area contributed by atoms with Crippen LogP contribution >= 0.6 is 46.4 Å². The fourth-order valence-corrected chi connectivity index (χ4v) is 9.38. The van der Waals surface area contributed by atoms with Crippen molar-refractivity contribution in [3.63, 3.8) is 0 Å². The van der Waals surface area contributed by atoms with Gasteiger partial charge >= 0.3 is 11.9 Å². The zero-order valence-corrected chi connectivity index (χ0v) is 27.4. The Bertz CT molecular complexity index is 1890. The molecule has 4 unspecified atom stereocenters. The molecule has 13 heteroatoms. The van der Waals surface area contributed by atoms with Crippen LogP contribution in [0.1, 0.15) is 49.1 Å². The Morgan fingerprint density at radius 2 is 1.51 bits per heavy atom. The third-order valence-corrected chi connectivity index (χ3v) is 10.8. The third kappa shape index (κ3) is 5.42. The molecule has 0 spiro atoms. The van der Waals surface area contributed by atoms with Gasteiger partial charge in [-0.15, -0.1) is 11.6 Å². The lowest BCUT2D eigenvalue weighted by Gasteiger charge is -2.58. The van der Waals surface area contributed by atoms with Crippen LogP contribution in [0.25, 0.3) is 26.6 Å². The zero-order valence-electron chi connectivity index (χ0n) is 24.4. The molecule has 0 saturated heterocycles. The summed E-state index contributed by atoms with van der Waals surface area (Å²) >= 11 is 28.6. The highest BCUT2D eigenvalue weighted by Crippen LogP contribution is 2.67. The number of carboxylic acid groups (broad SMARTS) is 2. The quantitative estimate of drug-likeness (QED) is 0.203. The maximum Gasteiger partial charge on any atom is 0.307 e. The number of halogens is 4. The zero-order chi connectivity index (χ0) is 33.2. The molecular weight excluding hydrogens is 664 g/mol. The number of hydrogen-bond acceptors (Lipinski definition) is 5. The van der Waals surface area contributed by atoms with Gasteiger partial charge in [-0.3, -0.25) is 19.2 Å². The van der Waals surface area contributed by atoms with E-state index < -0.39 is 71.6 Å². The molecule has 3 aromatic carbocycles. The molecule has 0 aliphatic heterocycles. The number of aliphatic carboxylic acids is 2. The fraction of sp³-hybridized carbons (Fsp3) is 0.375. The Balaban J connectivity index is 2.15.